The fourth-order valence-electron chi connectivity index (χ4n) is 3.81. The van der Waals surface area contributed by atoms with Gasteiger partial charge in [-0.05, 0) is 54.7 Å². The first-order valence-corrected chi connectivity index (χ1v) is 9.60. The number of phenols is 1. The Morgan fingerprint density at radius 1 is 1.18 bits per heavy atom. The van der Waals surface area contributed by atoms with Crippen molar-refractivity contribution in [2.45, 2.75) is 26.2 Å². The van der Waals surface area contributed by atoms with E-state index in [0.29, 0.717) is 30.8 Å². The number of halogens is 1. The number of phenolic OH excluding ortho intramolecular Hbond substituents is 1. The molecular weight excluding hydrogens is 359 g/mol. The summed E-state index contributed by atoms with van der Waals surface area (Å²) in [4.78, 5) is 26.9. The van der Waals surface area contributed by atoms with Crippen LogP contribution in [0.25, 0.3) is 0 Å². The molecule has 0 radical (unpaired) electrons. The Morgan fingerprint density at radius 2 is 1.93 bits per heavy atom. The smallest absolute Gasteiger partial charge is 0.253 e. The molecule has 2 N–H and O–H groups in total. The highest BCUT2D eigenvalue weighted by Crippen LogP contribution is 2.30. The lowest BCUT2D eigenvalue weighted by Crippen LogP contribution is -2.44. The van der Waals surface area contributed by atoms with Crippen LogP contribution in [0.15, 0.2) is 48.5 Å². The Hall–Kier alpha value is -2.89. The topological polar surface area (TPSA) is 69.6 Å². The lowest BCUT2D eigenvalue weighted by atomic mass is 9.81. The van der Waals surface area contributed by atoms with Crippen LogP contribution >= 0.6 is 0 Å². The van der Waals surface area contributed by atoms with Crippen LogP contribution < -0.4 is 5.32 Å². The lowest BCUT2D eigenvalue weighted by molar-refractivity contribution is -0.117. The van der Waals surface area contributed by atoms with Crippen LogP contribution in [-0.2, 0) is 4.79 Å². The van der Waals surface area contributed by atoms with Crippen molar-refractivity contribution in [2.75, 3.05) is 18.4 Å². The molecule has 5 nitrogen and oxygen atoms in total. The molecule has 1 heterocycles. The van der Waals surface area contributed by atoms with Crippen LogP contribution in [0, 0.1) is 17.7 Å². The van der Waals surface area contributed by atoms with Gasteiger partial charge in [0.25, 0.3) is 5.91 Å². The molecule has 1 aliphatic heterocycles. The van der Waals surface area contributed by atoms with Gasteiger partial charge < -0.3 is 15.3 Å². The van der Waals surface area contributed by atoms with E-state index in [1.165, 1.54) is 30.3 Å². The zero-order valence-corrected chi connectivity index (χ0v) is 15.9. The van der Waals surface area contributed by atoms with Gasteiger partial charge in [-0.25, -0.2) is 4.39 Å². The molecule has 0 unspecified atom stereocenters. The largest absolute Gasteiger partial charge is 0.508 e. The summed E-state index contributed by atoms with van der Waals surface area (Å²) in [5, 5.41) is 12.3. The molecule has 0 aliphatic carbocycles. The lowest BCUT2D eigenvalue weighted by Gasteiger charge is -2.38. The second kappa shape index (κ2) is 8.87. The van der Waals surface area contributed by atoms with Crippen molar-refractivity contribution in [3.63, 3.8) is 0 Å². The summed E-state index contributed by atoms with van der Waals surface area (Å²) in [5.41, 5.74) is 1.05. The van der Waals surface area contributed by atoms with Crippen molar-refractivity contribution in [3.8, 4) is 5.75 Å². The molecule has 2 amide bonds. The number of amides is 2. The number of carbonyl (C=O) groups is 2. The number of anilines is 1. The molecule has 0 spiro atoms. The van der Waals surface area contributed by atoms with Gasteiger partial charge in [-0.3, -0.25) is 9.59 Å². The molecule has 0 aromatic heterocycles. The maximum Gasteiger partial charge on any atom is 0.253 e. The molecule has 2 aromatic rings. The molecule has 148 valence electrons. The van der Waals surface area contributed by atoms with E-state index in [0.717, 1.165) is 12.8 Å². The number of hydrogen-bond donors (Lipinski definition) is 2. The fraction of sp³-hybridized carbons (Fsp3) is 0.364. The Bertz CT molecular complexity index is 838. The van der Waals surface area contributed by atoms with Gasteiger partial charge in [0.15, 0.2) is 0 Å². The predicted molar refractivity (Wildman–Crippen MR) is 106 cm³/mol. The van der Waals surface area contributed by atoms with Gasteiger partial charge in [0, 0.05) is 36.8 Å². The highest BCUT2D eigenvalue weighted by molar-refractivity contribution is 5.94. The molecule has 1 saturated heterocycles. The first kappa shape index (κ1) is 19.9. The Morgan fingerprint density at radius 3 is 2.61 bits per heavy atom. The average Bonchev–Trinajstić information content (AvgIpc) is 2.68. The predicted octanol–water partition coefficient (Wildman–Crippen LogP) is 4.05. The number of benzene rings is 2. The minimum atomic E-state index is -0.362. The summed E-state index contributed by atoms with van der Waals surface area (Å²) in [6.07, 6.45) is 2.00. The van der Waals surface area contributed by atoms with Crippen LogP contribution in [0.1, 0.15) is 36.5 Å². The van der Waals surface area contributed by atoms with Gasteiger partial charge in [-0.1, -0.05) is 19.4 Å². The van der Waals surface area contributed by atoms with Crippen LogP contribution in [0.5, 0.6) is 5.75 Å². The molecule has 0 saturated carbocycles. The number of carbonyl (C=O) groups excluding carboxylic acids is 2. The first-order valence-electron chi connectivity index (χ1n) is 9.60. The van der Waals surface area contributed by atoms with Crippen LogP contribution in [0.4, 0.5) is 10.1 Å². The fourth-order valence-corrected chi connectivity index (χ4v) is 3.81. The highest BCUT2D eigenvalue weighted by atomic mass is 19.1. The standard InChI is InChI=1S/C22H25FN2O3/c1-2-15-14-25(22(28)16-6-8-18(23)9-7-16)11-10-17(15)12-21(27)24-19-4-3-5-20(26)13-19/h3-9,13,15,17,26H,2,10-12,14H2,1H3,(H,24,27)/t15-,17-/m0/s1. The van der Waals surface area contributed by atoms with E-state index in [1.807, 2.05) is 0 Å². The van der Waals surface area contributed by atoms with Gasteiger partial charge in [-0.15, -0.1) is 0 Å². The normalized spacial score (nSPS) is 19.3. The summed E-state index contributed by atoms with van der Waals surface area (Å²) in [5.74, 6) is -0.0163. The van der Waals surface area contributed by atoms with E-state index in [4.69, 9.17) is 0 Å². The van der Waals surface area contributed by atoms with Crippen LogP contribution in [0.3, 0.4) is 0 Å². The van der Waals surface area contributed by atoms with Gasteiger partial charge in [0.1, 0.15) is 11.6 Å². The summed E-state index contributed by atoms with van der Waals surface area (Å²) in [6.45, 7) is 3.24. The van der Waals surface area contributed by atoms with Gasteiger partial charge in [0.05, 0.1) is 0 Å². The number of hydrogen-bond acceptors (Lipinski definition) is 3. The summed E-state index contributed by atoms with van der Waals surface area (Å²) in [7, 11) is 0. The van der Waals surface area contributed by atoms with E-state index < -0.39 is 0 Å². The van der Waals surface area contributed by atoms with Gasteiger partial charge in [-0.2, -0.15) is 0 Å². The highest BCUT2D eigenvalue weighted by Gasteiger charge is 2.32. The Kier molecular flexibility index (Phi) is 6.29. The molecule has 6 heteroatoms. The minimum absolute atomic E-state index is 0.0904. The molecule has 2 aromatic carbocycles. The third-order valence-electron chi connectivity index (χ3n) is 5.37. The van der Waals surface area contributed by atoms with Crippen molar-refractivity contribution in [2.24, 2.45) is 11.8 Å². The third kappa shape index (κ3) is 4.88. The zero-order valence-electron chi connectivity index (χ0n) is 15.9. The number of rotatable bonds is 5. The molecule has 3 rings (SSSR count). The van der Waals surface area contributed by atoms with Crippen molar-refractivity contribution in [1.29, 1.82) is 0 Å². The van der Waals surface area contributed by atoms with Gasteiger partial charge >= 0.3 is 0 Å². The molecular formula is C22H25FN2O3. The zero-order chi connectivity index (χ0) is 20.1. The maximum absolute atomic E-state index is 13.1. The van der Waals surface area contributed by atoms with Crippen molar-refractivity contribution >= 4 is 17.5 Å². The number of piperidine rings is 1. The third-order valence-corrected chi connectivity index (χ3v) is 5.37. The molecule has 0 bridgehead atoms. The van der Waals surface area contributed by atoms with Gasteiger partial charge in [0.2, 0.25) is 5.91 Å². The second-order valence-corrected chi connectivity index (χ2v) is 7.28. The van der Waals surface area contributed by atoms with Crippen LogP contribution in [0.2, 0.25) is 0 Å². The molecule has 1 aliphatic rings. The monoisotopic (exact) mass is 384 g/mol. The molecule has 1 fully saturated rings. The van der Waals surface area contributed by atoms with E-state index in [1.54, 1.807) is 23.1 Å². The van der Waals surface area contributed by atoms with Crippen molar-refractivity contribution < 1.29 is 19.1 Å². The number of nitrogens with one attached hydrogen (secondary N) is 1. The van der Waals surface area contributed by atoms with E-state index in [9.17, 15) is 19.1 Å². The Labute approximate surface area is 164 Å². The summed E-state index contributed by atoms with van der Waals surface area (Å²) in [6, 6.07) is 12.1. The maximum atomic E-state index is 13.1. The first-order chi connectivity index (χ1) is 13.5. The second-order valence-electron chi connectivity index (χ2n) is 7.28. The minimum Gasteiger partial charge on any atom is -0.508 e. The van der Waals surface area contributed by atoms with Crippen molar-refractivity contribution in [3.05, 3.63) is 59.9 Å². The summed E-state index contributed by atoms with van der Waals surface area (Å²) < 4.78 is 13.1. The average molecular weight is 384 g/mol. The van der Waals surface area contributed by atoms with E-state index in [2.05, 4.69) is 12.2 Å². The van der Waals surface area contributed by atoms with E-state index in [-0.39, 0.29) is 35.2 Å². The molecule has 28 heavy (non-hydrogen) atoms. The quantitative estimate of drug-likeness (QED) is 0.817. The Balaban J connectivity index is 1.58. The molecule has 2 atom stereocenters. The SMILES string of the molecule is CC[C@H]1CN(C(=O)c2ccc(F)cc2)CC[C@H]1CC(=O)Nc1cccc(O)c1. The van der Waals surface area contributed by atoms with Crippen LogP contribution in [-0.4, -0.2) is 34.9 Å². The summed E-state index contributed by atoms with van der Waals surface area (Å²) >= 11 is 0. The number of aromatic hydroxyl groups is 1. The van der Waals surface area contributed by atoms with Crippen molar-refractivity contribution in [1.82, 2.24) is 4.90 Å². The van der Waals surface area contributed by atoms with E-state index >= 15 is 0 Å². The number of likely N-dealkylation sites (tertiary alicyclic amines) is 1. The number of nitrogens with zero attached hydrogens (tertiary/aromatic N) is 1.